The van der Waals surface area contributed by atoms with Gasteiger partial charge in [-0.1, -0.05) is 41.9 Å². The van der Waals surface area contributed by atoms with Gasteiger partial charge in [-0.2, -0.15) is 0 Å². The summed E-state index contributed by atoms with van der Waals surface area (Å²) in [6.07, 6.45) is 2.48. The van der Waals surface area contributed by atoms with E-state index >= 15 is 0 Å². The van der Waals surface area contributed by atoms with E-state index in [2.05, 4.69) is 9.97 Å². The van der Waals surface area contributed by atoms with Crippen molar-refractivity contribution in [3.8, 4) is 0 Å². The Hall–Kier alpha value is -2.59. The molecule has 0 saturated carbocycles. The lowest BCUT2D eigenvalue weighted by Gasteiger charge is -2.35. The third-order valence-corrected chi connectivity index (χ3v) is 4.64. The molecule has 0 spiro atoms. The molecule has 24 heavy (non-hydrogen) atoms. The molecular formula is C19H16ClN3O. The number of imidazole rings is 1. The first-order valence-electron chi connectivity index (χ1n) is 7.87. The molecule has 1 aromatic heterocycles. The molecule has 3 aromatic rings. The summed E-state index contributed by atoms with van der Waals surface area (Å²) < 4.78 is 0. The maximum Gasteiger partial charge on any atom is 0.254 e. The highest BCUT2D eigenvalue weighted by atomic mass is 35.5. The fourth-order valence-corrected chi connectivity index (χ4v) is 3.35. The number of benzene rings is 2. The van der Waals surface area contributed by atoms with Gasteiger partial charge in [0.1, 0.15) is 6.04 Å². The summed E-state index contributed by atoms with van der Waals surface area (Å²) in [7, 11) is 0. The number of rotatable bonds is 2. The van der Waals surface area contributed by atoms with E-state index in [1.165, 1.54) is 0 Å². The molecule has 120 valence electrons. The minimum absolute atomic E-state index is 0.00540. The lowest BCUT2D eigenvalue weighted by molar-refractivity contribution is 0.0690. The predicted octanol–water partition coefficient (Wildman–Crippen LogP) is 3.85. The number of hydrogen-bond donors (Lipinski definition) is 1. The highest BCUT2D eigenvalue weighted by Crippen LogP contribution is 2.34. The number of halogens is 1. The van der Waals surface area contributed by atoms with Gasteiger partial charge in [-0.25, -0.2) is 4.98 Å². The van der Waals surface area contributed by atoms with E-state index in [0.29, 0.717) is 17.1 Å². The summed E-state index contributed by atoms with van der Waals surface area (Å²) in [5.41, 5.74) is 3.73. The van der Waals surface area contributed by atoms with Gasteiger partial charge in [0.15, 0.2) is 0 Å². The largest absolute Gasteiger partial charge is 0.348 e. The molecule has 4 nitrogen and oxygen atoms in total. The van der Waals surface area contributed by atoms with Crippen molar-refractivity contribution in [3.05, 3.63) is 88.5 Å². The summed E-state index contributed by atoms with van der Waals surface area (Å²) in [5.74, 6) is -0.00540. The average Bonchev–Trinajstić information content (AvgIpc) is 3.10. The van der Waals surface area contributed by atoms with Gasteiger partial charge in [-0.15, -0.1) is 0 Å². The molecule has 4 rings (SSSR count). The number of nitrogens with one attached hydrogen (secondary N) is 1. The Bertz CT molecular complexity index is 858. The second-order valence-corrected chi connectivity index (χ2v) is 6.27. The lowest BCUT2D eigenvalue weighted by atomic mass is 9.95. The Balaban J connectivity index is 1.76. The molecule has 5 heteroatoms. The van der Waals surface area contributed by atoms with Crippen LogP contribution in [0.25, 0.3) is 0 Å². The van der Waals surface area contributed by atoms with Crippen LogP contribution in [0.5, 0.6) is 0 Å². The van der Waals surface area contributed by atoms with Gasteiger partial charge in [0, 0.05) is 29.2 Å². The number of hydrogen-bond acceptors (Lipinski definition) is 2. The molecular weight excluding hydrogens is 322 g/mol. The highest BCUT2D eigenvalue weighted by molar-refractivity contribution is 6.30. The monoisotopic (exact) mass is 337 g/mol. The molecule has 2 aromatic carbocycles. The number of carbonyl (C=O) groups is 1. The number of aromatic amines is 1. The molecule has 1 N–H and O–H groups in total. The molecule has 0 radical (unpaired) electrons. The van der Waals surface area contributed by atoms with E-state index in [-0.39, 0.29) is 11.9 Å². The van der Waals surface area contributed by atoms with E-state index in [4.69, 9.17) is 11.6 Å². The number of amides is 1. The second kappa shape index (κ2) is 6.13. The summed E-state index contributed by atoms with van der Waals surface area (Å²) >= 11 is 5.94. The van der Waals surface area contributed by atoms with Crippen molar-refractivity contribution in [2.75, 3.05) is 6.54 Å². The Kier molecular flexibility index (Phi) is 3.82. The Morgan fingerprint density at radius 3 is 2.62 bits per heavy atom. The first-order valence-corrected chi connectivity index (χ1v) is 8.25. The summed E-state index contributed by atoms with van der Waals surface area (Å²) in [6.45, 7) is 0.649. The van der Waals surface area contributed by atoms with Gasteiger partial charge in [-0.3, -0.25) is 4.79 Å². The van der Waals surface area contributed by atoms with Crippen LogP contribution in [0.4, 0.5) is 0 Å². The van der Waals surface area contributed by atoms with Crippen LogP contribution in [0.3, 0.4) is 0 Å². The standard InChI is InChI=1S/C19H16ClN3O/c20-15-8-6-14(7-9-15)19(24)23-11-10-16-17(22-12-21-16)18(23)13-4-2-1-3-5-13/h1-9,12,18H,10-11H2,(H,21,22). The number of fused-ring (bicyclic) bond motifs is 1. The fraction of sp³-hybridized carbons (Fsp3) is 0.158. The minimum atomic E-state index is -0.177. The van der Waals surface area contributed by atoms with Crippen molar-refractivity contribution in [1.29, 1.82) is 0 Å². The zero-order valence-corrected chi connectivity index (χ0v) is 13.7. The molecule has 1 atom stereocenters. The predicted molar refractivity (Wildman–Crippen MR) is 93.1 cm³/mol. The van der Waals surface area contributed by atoms with Crippen LogP contribution in [0.1, 0.15) is 33.4 Å². The first-order chi connectivity index (χ1) is 11.7. The van der Waals surface area contributed by atoms with Crippen LogP contribution in [0.2, 0.25) is 5.02 Å². The summed E-state index contributed by atoms with van der Waals surface area (Å²) in [5, 5.41) is 0.624. The van der Waals surface area contributed by atoms with E-state index in [1.54, 1.807) is 30.6 Å². The minimum Gasteiger partial charge on any atom is -0.348 e. The molecule has 0 fully saturated rings. The van der Waals surface area contributed by atoms with E-state index in [9.17, 15) is 4.79 Å². The lowest BCUT2D eigenvalue weighted by Crippen LogP contribution is -2.40. The molecule has 2 heterocycles. The third kappa shape index (κ3) is 2.59. The molecule has 0 aliphatic carbocycles. The Morgan fingerprint density at radius 1 is 1.12 bits per heavy atom. The van der Waals surface area contributed by atoms with Gasteiger partial charge in [0.25, 0.3) is 5.91 Å². The van der Waals surface area contributed by atoms with Crippen molar-refractivity contribution in [2.45, 2.75) is 12.5 Å². The highest BCUT2D eigenvalue weighted by Gasteiger charge is 2.34. The fourth-order valence-electron chi connectivity index (χ4n) is 3.23. The summed E-state index contributed by atoms with van der Waals surface area (Å²) in [4.78, 5) is 22.6. The van der Waals surface area contributed by atoms with Gasteiger partial charge in [0.2, 0.25) is 0 Å². The van der Waals surface area contributed by atoms with Crippen LogP contribution in [-0.2, 0) is 6.42 Å². The average molecular weight is 338 g/mol. The van der Waals surface area contributed by atoms with Crippen molar-refractivity contribution >= 4 is 17.5 Å². The Labute approximate surface area is 145 Å². The normalized spacial score (nSPS) is 16.7. The van der Waals surface area contributed by atoms with Crippen LogP contribution in [0, 0.1) is 0 Å². The van der Waals surface area contributed by atoms with E-state index in [0.717, 1.165) is 23.4 Å². The molecule has 1 unspecified atom stereocenters. The molecule has 0 saturated heterocycles. The van der Waals surface area contributed by atoms with Gasteiger partial charge in [-0.05, 0) is 29.8 Å². The van der Waals surface area contributed by atoms with Gasteiger partial charge < -0.3 is 9.88 Å². The SMILES string of the molecule is O=C(c1ccc(Cl)cc1)N1CCc2[nH]cnc2C1c1ccccc1. The van der Waals surface area contributed by atoms with Gasteiger partial charge >= 0.3 is 0 Å². The smallest absolute Gasteiger partial charge is 0.254 e. The van der Waals surface area contributed by atoms with Crippen LogP contribution in [0.15, 0.2) is 60.9 Å². The zero-order valence-electron chi connectivity index (χ0n) is 12.9. The van der Waals surface area contributed by atoms with E-state index < -0.39 is 0 Å². The molecule has 1 amide bonds. The zero-order chi connectivity index (χ0) is 16.5. The van der Waals surface area contributed by atoms with E-state index in [1.807, 2.05) is 35.2 Å². The van der Waals surface area contributed by atoms with Crippen molar-refractivity contribution in [2.24, 2.45) is 0 Å². The number of aromatic nitrogens is 2. The number of carbonyl (C=O) groups excluding carboxylic acids is 1. The Morgan fingerprint density at radius 2 is 1.88 bits per heavy atom. The quantitative estimate of drug-likeness (QED) is 0.772. The van der Waals surface area contributed by atoms with Gasteiger partial charge in [0.05, 0.1) is 12.0 Å². The van der Waals surface area contributed by atoms with Crippen molar-refractivity contribution in [1.82, 2.24) is 14.9 Å². The maximum atomic E-state index is 13.1. The van der Waals surface area contributed by atoms with Crippen LogP contribution < -0.4 is 0 Å². The molecule has 0 bridgehead atoms. The van der Waals surface area contributed by atoms with Crippen molar-refractivity contribution in [3.63, 3.8) is 0 Å². The van der Waals surface area contributed by atoms with Crippen molar-refractivity contribution < 1.29 is 4.79 Å². The molecule has 1 aliphatic heterocycles. The maximum absolute atomic E-state index is 13.1. The summed E-state index contributed by atoms with van der Waals surface area (Å²) in [6, 6.07) is 16.9. The van der Waals surface area contributed by atoms with Crippen LogP contribution >= 0.6 is 11.6 Å². The first kappa shape index (κ1) is 15.0. The van der Waals surface area contributed by atoms with Crippen LogP contribution in [-0.4, -0.2) is 27.3 Å². The second-order valence-electron chi connectivity index (χ2n) is 5.83. The topological polar surface area (TPSA) is 49.0 Å². The number of H-pyrrole nitrogens is 1. The number of nitrogens with zero attached hydrogens (tertiary/aromatic N) is 2. The third-order valence-electron chi connectivity index (χ3n) is 4.39. The molecule has 1 aliphatic rings.